The maximum Gasteiger partial charge on any atom is 0.141 e. The van der Waals surface area contributed by atoms with Crippen LogP contribution in [0.5, 0.6) is 5.75 Å². The zero-order valence-corrected chi connectivity index (χ0v) is 12.2. The number of benzene rings is 2. The van der Waals surface area contributed by atoms with E-state index < -0.39 is 0 Å². The summed E-state index contributed by atoms with van der Waals surface area (Å²) in [5.41, 5.74) is 7.87. The number of halogens is 2. The summed E-state index contributed by atoms with van der Waals surface area (Å²) in [4.78, 5) is 0. The van der Waals surface area contributed by atoms with E-state index in [4.69, 9.17) is 10.5 Å². The summed E-state index contributed by atoms with van der Waals surface area (Å²) in [5, 5.41) is 0. The van der Waals surface area contributed by atoms with Crippen LogP contribution in [-0.4, -0.2) is 6.54 Å². The second kappa shape index (κ2) is 6.17. The maximum atomic E-state index is 13.4. The SMILES string of the molecule is Cc1cccc(C(CN)Oc2ccc(Br)c(F)c2)c1. The van der Waals surface area contributed by atoms with Gasteiger partial charge in [0.1, 0.15) is 17.7 Å². The molecule has 0 aliphatic carbocycles. The number of aryl methyl sites for hydroxylation is 1. The lowest BCUT2D eigenvalue weighted by Crippen LogP contribution is -2.18. The molecule has 0 bridgehead atoms. The summed E-state index contributed by atoms with van der Waals surface area (Å²) in [6.07, 6.45) is -0.277. The highest BCUT2D eigenvalue weighted by atomic mass is 79.9. The molecule has 2 N–H and O–H groups in total. The number of hydrogen-bond donors (Lipinski definition) is 1. The molecule has 1 unspecified atom stereocenters. The van der Waals surface area contributed by atoms with E-state index in [1.54, 1.807) is 12.1 Å². The normalized spacial score (nSPS) is 12.2. The van der Waals surface area contributed by atoms with Gasteiger partial charge in [0.2, 0.25) is 0 Å². The highest BCUT2D eigenvalue weighted by Gasteiger charge is 2.12. The first kappa shape index (κ1) is 14.0. The molecule has 2 nitrogen and oxygen atoms in total. The molecule has 0 saturated heterocycles. The van der Waals surface area contributed by atoms with Gasteiger partial charge in [0.25, 0.3) is 0 Å². The minimum absolute atomic E-state index is 0.277. The van der Waals surface area contributed by atoms with Crippen molar-refractivity contribution in [1.29, 1.82) is 0 Å². The number of rotatable bonds is 4. The average molecular weight is 324 g/mol. The van der Waals surface area contributed by atoms with Gasteiger partial charge in [0, 0.05) is 12.6 Å². The average Bonchev–Trinajstić information content (AvgIpc) is 2.40. The Balaban J connectivity index is 2.21. The third-order valence-electron chi connectivity index (χ3n) is 2.80. The van der Waals surface area contributed by atoms with Crippen molar-refractivity contribution >= 4 is 15.9 Å². The summed E-state index contributed by atoms with van der Waals surface area (Å²) >= 11 is 3.11. The lowest BCUT2D eigenvalue weighted by atomic mass is 10.1. The van der Waals surface area contributed by atoms with E-state index in [2.05, 4.69) is 15.9 Å². The fourth-order valence-corrected chi connectivity index (χ4v) is 2.08. The summed E-state index contributed by atoms with van der Waals surface area (Å²) < 4.78 is 19.6. The van der Waals surface area contributed by atoms with Gasteiger partial charge in [0.15, 0.2) is 0 Å². The van der Waals surface area contributed by atoms with Crippen molar-refractivity contribution in [3.8, 4) is 5.75 Å². The molecule has 0 aliphatic rings. The molecule has 2 rings (SSSR count). The predicted molar refractivity (Wildman–Crippen MR) is 77.7 cm³/mol. The van der Waals surface area contributed by atoms with E-state index in [1.807, 2.05) is 31.2 Å². The predicted octanol–water partition coefficient (Wildman–Crippen LogP) is 3.98. The van der Waals surface area contributed by atoms with Crippen LogP contribution in [-0.2, 0) is 0 Å². The van der Waals surface area contributed by atoms with Crippen LogP contribution in [0.2, 0.25) is 0 Å². The summed E-state index contributed by atoms with van der Waals surface area (Å²) in [5.74, 6) is 0.121. The van der Waals surface area contributed by atoms with Gasteiger partial charge in [-0.05, 0) is 40.5 Å². The lowest BCUT2D eigenvalue weighted by Gasteiger charge is -2.18. The molecule has 2 aromatic carbocycles. The number of nitrogens with two attached hydrogens (primary N) is 1. The molecule has 0 aromatic heterocycles. The summed E-state index contributed by atoms with van der Waals surface area (Å²) in [7, 11) is 0. The molecule has 0 radical (unpaired) electrons. The Morgan fingerprint density at radius 3 is 2.68 bits per heavy atom. The topological polar surface area (TPSA) is 35.2 Å². The Morgan fingerprint density at radius 2 is 2.05 bits per heavy atom. The van der Waals surface area contributed by atoms with Crippen molar-refractivity contribution in [3.05, 3.63) is 63.9 Å². The monoisotopic (exact) mass is 323 g/mol. The third kappa shape index (κ3) is 3.55. The second-order valence-corrected chi connectivity index (χ2v) is 5.19. The molecule has 0 aliphatic heterocycles. The van der Waals surface area contributed by atoms with Gasteiger partial charge < -0.3 is 10.5 Å². The van der Waals surface area contributed by atoms with Crippen LogP contribution < -0.4 is 10.5 Å². The van der Waals surface area contributed by atoms with Gasteiger partial charge in [-0.25, -0.2) is 4.39 Å². The number of ether oxygens (including phenoxy) is 1. The van der Waals surface area contributed by atoms with Crippen LogP contribution in [0.15, 0.2) is 46.9 Å². The smallest absolute Gasteiger partial charge is 0.141 e. The molecule has 0 fully saturated rings. The van der Waals surface area contributed by atoms with Crippen molar-refractivity contribution in [3.63, 3.8) is 0 Å². The Morgan fingerprint density at radius 1 is 1.26 bits per heavy atom. The fraction of sp³-hybridized carbons (Fsp3) is 0.200. The first-order valence-electron chi connectivity index (χ1n) is 5.98. The first-order chi connectivity index (χ1) is 9.10. The standard InChI is InChI=1S/C15H15BrFNO/c1-10-3-2-4-11(7-10)15(9-18)19-12-5-6-13(16)14(17)8-12/h2-8,15H,9,18H2,1H3. The van der Waals surface area contributed by atoms with Crippen LogP contribution in [0.3, 0.4) is 0 Å². The molecule has 4 heteroatoms. The largest absolute Gasteiger partial charge is 0.484 e. The number of hydrogen-bond acceptors (Lipinski definition) is 2. The molecule has 1 atom stereocenters. The van der Waals surface area contributed by atoms with E-state index in [1.165, 1.54) is 6.07 Å². The van der Waals surface area contributed by atoms with Crippen LogP contribution in [0.25, 0.3) is 0 Å². The molecule has 100 valence electrons. The Labute approximate surface area is 120 Å². The zero-order chi connectivity index (χ0) is 13.8. The van der Waals surface area contributed by atoms with E-state index in [0.29, 0.717) is 16.8 Å². The van der Waals surface area contributed by atoms with Gasteiger partial charge in [0.05, 0.1) is 4.47 Å². The second-order valence-electron chi connectivity index (χ2n) is 4.33. The molecule has 2 aromatic rings. The van der Waals surface area contributed by atoms with E-state index in [-0.39, 0.29) is 11.9 Å². The molecular weight excluding hydrogens is 309 g/mol. The van der Waals surface area contributed by atoms with Crippen LogP contribution in [0.1, 0.15) is 17.2 Å². The lowest BCUT2D eigenvalue weighted by molar-refractivity contribution is 0.213. The van der Waals surface area contributed by atoms with Crippen molar-refractivity contribution in [1.82, 2.24) is 0 Å². The Hall–Kier alpha value is -1.39. The van der Waals surface area contributed by atoms with Gasteiger partial charge in [-0.3, -0.25) is 0 Å². The Bertz CT molecular complexity index is 574. The van der Waals surface area contributed by atoms with Gasteiger partial charge >= 0.3 is 0 Å². The molecule has 0 heterocycles. The fourth-order valence-electron chi connectivity index (χ4n) is 1.84. The molecular formula is C15H15BrFNO. The molecule has 0 saturated carbocycles. The highest BCUT2D eigenvalue weighted by Crippen LogP contribution is 2.25. The third-order valence-corrected chi connectivity index (χ3v) is 3.44. The van der Waals surface area contributed by atoms with Gasteiger partial charge in [-0.15, -0.1) is 0 Å². The van der Waals surface area contributed by atoms with Gasteiger partial charge in [-0.2, -0.15) is 0 Å². The minimum atomic E-state index is -0.350. The van der Waals surface area contributed by atoms with Crippen LogP contribution >= 0.6 is 15.9 Å². The van der Waals surface area contributed by atoms with Gasteiger partial charge in [-0.1, -0.05) is 29.8 Å². The van der Waals surface area contributed by atoms with Crippen molar-refractivity contribution in [2.45, 2.75) is 13.0 Å². The first-order valence-corrected chi connectivity index (χ1v) is 6.78. The summed E-state index contributed by atoms with van der Waals surface area (Å²) in [6.45, 7) is 2.34. The highest BCUT2D eigenvalue weighted by molar-refractivity contribution is 9.10. The molecule has 0 amide bonds. The quantitative estimate of drug-likeness (QED) is 0.923. The molecule has 0 spiro atoms. The van der Waals surface area contributed by atoms with Crippen molar-refractivity contribution < 1.29 is 9.13 Å². The Kier molecular flexibility index (Phi) is 4.56. The maximum absolute atomic E-state index is 13.4. The van der Waals surface area contributed by atoms with Crippen LogP contribution in [0, 0.1) is 12.7 Å². The van der Waals surface area contributed by atoms with Crippen molar-refractivity contribution in [2.75, 3.05) is 6.54 Å². The minimum Gasteiger partial charge on any atom is -0.484 e. The zero-order valence-electron chi connectivity index (χ0n) is 10.6. The van der Waals surface area contributed by atoms with E-state index in [9.17, 15) is 4.39 Å². The van der Waals surface area contributed by atoms with E-state index >= 15 is 0 Å². The van der Waals surface area contributed by atoms with E-state index in [0.717, 1.165) is 11.1 Å². The van der Waals surface area contributed by atoms with Crippen LogP contribution in [0.4, 0.5) is 4.39 Å². The summed E-state index contributed by atoms with van der Waals surface area (Å²) in [6, 6.07) is 12.6. The molecule has 19 heavy (non-hydrogen) atoms. The van der Waals surface area contributed by atoms with Crippen molar-refractivity contribution in [2.24, 2.45) is 5.73 Å².